The second kappa shape index (κ2) is 7.71. The molecule has 6 heteroatoms. The molecule has 0 N–H and O–H groups in total. The van der Waals surface area contributed by atoms with Gasteiger partial charge in [0.25, 0.3) is 0 Å². The van der Waals surface area contributed by atoms with Crippen LogP contribution in [0, 0.1) is 11.7 Å². The number of benzene rings is 1. The van der Waals surface area contributed by atoms with E-state index in [9.17, 15) is 9.18 Å². The predicted molar refractivity (Wildman–Crippen MR) is 103 cm³/mol. The zero-order chi connectivity index (χ0) is 18.8. The first-order valence-electron chi connectivity index (χ1n) is 8.83. The molecule has 1 aliphatic rings. The summed E-state index contributed by atoms with van der Waals surface area (Å²) in [6.07, 6.45) is 1.59. The zero-order valence-corrected chi connectivity index (χ0v) is 16.4. The second-order valence-electron chi connectivity index (χ2n) is 6.74. The van der Waals surface area contributed by atoms with Gasteiger partial charge in [-0.25, -0.2) is 14.2 Å². The number of ether oxygens (including phenoxy) is 2. The van der Waals surface area contributed by atoms with E-state index in [-0.39, 0.29) is 24.2 Å². The number of pyridine rings is 1. The Balaban J connectivity index is 2.15. The number of hydrogen-bond acceptors (Lipinski definition) is 4. The van der Waals surface area contributed by atoms with Gasteiger partial charge in [-0.1, -0.05) is 26.0 Å². The third kappa shape index (κ3) is 3.73. The van der Waals surface area contributed by atoms with Crippen molar-refractivity contribution >= 4 is 20.5 Å². The van der Waals surface area contributed by atoms with Crippen molar-refractivity contribution in [1.29, 1.82) is 0 Å². The van der Waals surface area contributed by atoms with Crippen LogP contribution < -0.4 is 10.0 Å². The Kier molecular flexibility index (Phi) is 5.57. The lowest BCUT2D eigenvalue weighted by atomic mass is 9.91. The van der Waals surface area contributed by atoms with E-state index in [4.69, 9.17) is 9.47 Å². The van der Waals surface area contributed by atoms with Crippen LogP contribution in [0.3, 0.4) is 0 Å². The Bertz CT molecular complexity index is 838. The molecular formula is C20H23FNO3P. The van der Waals surface area contributed by atoms with Gasteiger partial charge in [0.1, 0.15) is 11.9 Å². The third-order valence-corrected chi connectivity index (χ3v) is 4.90. The Morgan fingerprint density at radius 1 is 1.38 bits per heavy atom. The van der Waals surface area contributed by atoms with E-state index in [1.165, 1.54) is 6.07 Å². The summed E-state index contributed by atoms with van der Waals surface area (Å²) in [6, 6.07) is 6.60. The first-order valence-corrected chi connectivity index (χ1v) is 9.41. The van der Waals surface area contributed by atoms with Crippen LogP contribution in [0.25, 0.3) is 11.1 Å². The van der Waals surface area contributed by atoms with Crippen molar-refractivity contribution in [2.24, 2.45) is 5.92 Å². The highest BCUT2D eigenvalue weighted by molar-refractivity contribution is 7.27. The third-order valence-electron chi connectivity index (χ3n) is 4.54. The molecule has 1 aromatic carbocycles. The van der Waals surface area contributed by atoms with Crippen LogP contribution >= 0.6 is 9.24 Å². The number of rotatable bonds is 4. The molecule has 2 unspecified atom stereocenters. The van der Waals surface area contributed by atoms with Gasteiger partial charge in [0, 0.05) is 11.1 Å². The maximum Gasteiger partial charge on any atom is 0.357 e. The summed E-state index contributed by atoms with van der Waals surface area (Å²) in [5, 5.41) is 0.760. The molecular weight excluding hydrogens is 352 g/mol. The van der Waals surface area contributed by atoms with Gasteiger partial charge in [-0.15, -0.1) is 9.24 Å². The molecule has 0 saturated carbocycles. The van der Waals surface area contributed by atoms with Crippen molar-refractivity contribution in [2.75, 3.05) is 6.61 Å². The van der Waals surface area contributed by atoms with Crippen LogP contribution in [0.15, 0.2) is 24.3 Å². The fraction of sp³-hybridized carbons (Fsp3) is 0.400. The fourth-order valence-corrected chi connectivity index (χ4v) is 3.39. The predicted octanol–water partition coefficient (Wildman–Crippen LogP) is 3.91. The van der Waals surface area contributed by atoms with Gasteiger partial charge in [0.05, 0.1) is 6.61 Å². The van der Waals surface area contributed by atoms with Crippen LogP contribution in [0.1, 0.15) is 43.2 Å². The SMILES string of the molecule is CCOC(=O)c1cc(-c2ccc(P)cc2F)c2c(n1)OC(C(C)C)CC2. The molecule has 0 amide bonds. The van der Waals surface area contributed by atoms with Crippen molar-refractivity contribution in [3.63, 3.8) is 0 Å². The number of carbonyl (C=O) groups excluding carboxylic acids is 1. The number of aromatic nitrogens is 1. The Morgan fingerprint density at radius 2 is 2.15 bits per heavy atom. The summed E-state index contributed by atoms with van der Waals surface area (Å²) in [5.74, 6) is -0.140. The molecule has 1 aliphatic heterocycles. The molecule has 0 spiro atoms. The first kappa shape index (κ1) is 18.8. The fourth-order valence-electron chi connectivity index (χ4n) is 3.15. The number of hydrogen-bond donors (Lipinski definition) is 0. The molecule has 138 valence electrons. The minimum atomic E-state index is -0.533. The van der Waals surface area contributed by atoms with Crippen LogP contribution in [-0.2, 0) is 11.2 Å². The molecule has 0 saturated heterocycles. The number of nitrogens with zero attached hydrogens (tertiary/aromatic N) is 1. The summed E-state index contributed by atoms with van der Waals surface area (Å²) in [4.78, 5) is 16.6. The van der Waals surface area contributed by atoms with Gasteiger partial charge < -0.3 is 9.47 Å². The monoisotopic (exact) mass is 375 g/mol. The lowest BCUT2D eigenvalue weighted by Gasteiger charge is -2.29. The summed E-state index contributed by atoms with van der Waals surface area (Å²) in [5.41, 5.74) is 2.06. The van der Waals surface area contributed by atoms with E-state index in [1.807, 2.05) is 6.07 Å². The summed E-state index contributed by atoms with van der Waals surface area (Å²) in [7, 11) is 2.48. The molecule has 4 nitrogen and oxygen atoms in total. The largest absolute Gasteiger partial charge is 0.474 e. The highest BCUT2D eigenvalue weighted by Gasteiger charge is 2.28. The molecule has 0 bridgehead atoms. The van der Waals surface area contributed by atoms with Gasteiger partial charge >= 0.3 is 5.97 Å². The molecule has 2 heterocycles. The topological polar surface area (TPSA) is 48.4 Å². The Labute approximate surface area is 155 Å². The van der Waals surface area contributed by atoms with Crippen molar-refractivity contribution in [2.45, 2.75) is 39.7 Å². The van der Waals surface area contributed by atoms with Gasteiger partial charge in [0.15, 0.2) is 5.69 Å². The lowest BCUT2D eigenvalue weighted by Crippen LogP contribution is -2.29. The summed E-state index contributed by atoms with van der Waals surface area (Å²) >= 11 is 0. The smallest absolute Gasteiger partial charge is 0.357 e. The molecule has 3 rings (SSSR count). The highest BCUT2D eigenvalue weighted by atomic mass is 31.0. The van der Waals surface area contributed by atoms with Crippen LogP contribution in [0.4, 0.5) is 4.39 Å². The highest BCUT2D eigenvalue weighted by Crippen LogP contribution is 2.37. The van der Waals surface area contributed by atoms with Crippen molar-refractivity contribution in [1.82, 2.24) is 4.98 Å². The standard InChI is InChI=1S/C20H23FNO3P/c1-4-24-20(23)17-10-15(13-6-5-12(26)9-16(13)21)14-7-8-18(11(2)3)25-19(14)22-17/h5-6,9-11,18H,4,7-8,26H2,1-3H3. The molecule has 2 aromatic rings. The summed E-state index contributed by atoms with van der Waals surface area (Å²) in [6.45, 7) is 6.16. The summed E-state index contributed by atoms with van der Waals surface area (Å²) < 4.78 is 25.7. The quantitative estimate of drug-likeness (QED) is 0.600. The van der Waals surface area contributed by atoms with Crippen molar-refractivity contribution in [3.05, 3.63) is 41.3 Å². The molecule has 26 heavy (non-hydrogen) atoms. The molecule has 0 radical (unpaired) electrons. The van der Waals surface area contributed by atoms with E-state index in [1.54, 1.807) is 19.1 Å². The molecule has 0 aliphatic carbocycles. The maximum atomic E-state index is 14.6. The number of halogens is 1. The van der Waals surface area contributed by atoms with Gasteiger partial charge in [0.2, 0.25) is 5.88 Å². The Morgan fingerprint density at radius 3 is 2.81 bits per heavy atom. The maximum absolute atomic E-state index is 14.6. The zero-order valence-electron chi connectivity index (χ0n) is 15.2. The minimum absolute atomic E-state index is 0.0274. The minimum Gasteiger partial charge on any atom is -0.474 e. The Hall–Kier alpha value is -2.00. The van der Waals surface area contributed by atoms with Crippen molar-refractivity contribution < 1.29 is 18.7 Å². The van der Waals surface area contributed by atoms with Crippen LogP contribution in [-0.4, -0.2) is 23.7 Å². The number of esters is 1. The first-order chi connectivity index (χ1) is 12.4. The molecule has 2 atom stereocenters. The molecule has 1 aromatic heterocycles. The van der Waals surface area contributed by atoms with E-state index in [0.29, 0.717) is 22.9 Å². The van der Waals surface area contributed by atoms with Crippen LogP contribution in [0.5, 0.6) is 5.88 Å². The van der Waals surface area contributed by atoms with E-state index < -0.39 is 5.97 Å². The normalized spacial score (nSPS) is 16.2. The van der Waals surface area contributed by atoms with Crippen molar-refractivity contribution in [3.8, 4) is 17.0 Å². The number of carbonyl (C=O) groups is 1. The molecule has 0 fully saturated rings. The number of fused-ring (bicyclic) bond motifs is 1. The van der Waals surface area contributed by atoms with Gasteiger partial charge in [-0.05, 0) is 48.7 Å². The lowest BCUT2D eigenvalue weighted by molar-refractivity contribution is 0.0515. The van der Waals surface area contributed by atoms with E-state index in [0.717, 1.165) is 23.7 Å². The average molecular weight is 375 g/mol. The van der Waals surface area contributed by atoms with E-state index >= 15 is 0 Å². The van der Waals surface area contributed by atoms with Gasteiger partial charge in [-0.2, -0.15) is 0 Å². The van der Waals surface area contributed by atoms with Gasteiger partial charge in [-0.3, -0.25) is 0 Å². The van der Waals surface area contributed by atoms with E-state index in [2.05, 4.69) is 28.1 Å². The second-order valence-corrected chi connectivity index (χ2v) is 7.40. The van der Waals surface area contributed by atoms with Crippen LogP contribution in [0.2, 0.25) is 0 Å². The average Bonchev–Trinajstić information content (AvgIpc) is 2.60.